The zero-order valence-corrected chi connectivity index (χ0v) is 12.0. The van der Waals surface area contributed by atoms with Crippen LogP contribution in [-0.2, 0) is 13.6 Å². The van der Waals surface area contributed by atoms with Gasteiger partial charge < -0.3 is 10.2 Å². The third kappa shape index (κ3) is 2.51. The van der Waals surface area contributed by atoms with Crippen LogP contribution in [0.25, 0.3) is 0 Å². The SMILES string of the molecule is CNC1CCCN(Cc2nnn(C)n2)c2ccccc21. The first-order valence-electron chi connectivity index (χ1n) is 7.02. The molecule has 1 aromatic heterocycles. The number of benzene rings is 1. The lowest BCUT2D eigenvalue weighted by atomic mass is 10.0. The van der Waals surface area contributed by atoms with Crippen LogP contribution in [0.3, 0.4) is 0 Å². The fraction of sp³-hybridized carbons (Fsp3) is 0.500. The van der Waals surface area contributed by atoms with E-state index in [4.69, 9.17) is 0 Å². The van der Waals surface area contributed by atoms with E-state index in [2.05, 4.69) is 49.9 Å². The predicted molar refractivity (Wildman–Crippen MR) is 77.3 cm³/mol. The minimum atomic E-state index is 0.422. The first-order valence-corrected chi connectivity index (χ1v) is 7.02. The fourth-order valence-corrected chi connectivity index (χ4v) is 2.85. The Hall–Kier alpha value is -1.95. The van der Waals surface area contributed by atoms with Crippen molar-refractivity contribution >= 4 is 5.69 Å². The van der Waals surface area contributed by atoms with Crippen molar-refractivity contribution < 1.29 is 0 Å². The summed E-state index contributed by atoms with van der Waals surface area (Å²) >= 11 is 0. The molecule has 20 heavy (non-hydrogen) atoms. The molecule has 6 heteroatoms. The van der Waals surface area contributed by atoms with Gasteiger partial charge in [0.25, 0.3) is 0 Å². The van der Waals surface area contributed by atoms with E-state index in [1.165, 1.54) is 16.0 Å². The third-order valence-electron chi connectivity index (χ3n) is 3.80. The largest absolute Gasteiger partial charge is 0.364 e. The molecule has 2 heterocycles. The van der Waals surface area contributed by atoms with Gasteiger partial charge in [0, 0.05) is 18.3 Å². The molecule has 1 aliphatic heterocycles. The Morgan fingerprint density at radius 3 is 2.95 bits per heavy atom. The van der Waals surface area contributed by atoms with E-state index in [1.54, 1.807) is 7.05 Å². The van der Waals surface area contributed by atoms with E-state index in [1.807, 2.05) is 7.05 Å². The number of rotatable bonds is 3. The molecule has 1 aliphatic rings. The highest BCUT2D eigenvalue weighted by Gasteiger charge is 2.22. The van der Waals surface area contributed by atoms with Gasteiger partial charge in [0.2, 0.25) is 0 Å². The fourth-order valence-electron chi connectivity index (χ4n) is 2.85. The normalized spacial score (nSPS) is 18.7. The summed E-state index contributed by atoms with van der Waals surface area (Å²) in [6, 6.07) is 9.01. The molecule has 106 valence electrons. The summed E-state index contributed by atoms with van der Waals surface area (Å²) < 4.78 is 0. The Labute approximate surface area is 118 Å². The second-order valence-electron chi connectivity index (χ2n) is 5.16. The summed E-state index contributed by atoms with van der Waals surface area (Å²) in [5.41, 5.74) is 2.63. The molecular formula is C14H20N6. The predicted octanol–water partition coefficient (Wildman–Crippen LogP) is 1.27. The average Bonchev–Trinajstić information content (AvgIpc) is 2.79. The second-order valence-corrected chi connectivity index (χ2v) is 5.16. The number of aryl methyl sites for hydroxylation is 1. The highest BCUT2D eigenvalue weighted by atomic mass is 15.6. The van der Waals surface area contributed by atoms with Gasteiger partial charge in [-0.3, -0.25) is 0 Å². The molecule has 0 saturated carbocycles. The Kier molecular flexibility index (Phi) is 3.64. The number of anilines is 1. The van der Waals surface area contributed by atoms with Gasteiger partial charge >= 0.3 is 0 Å². The molecule has 3 rings (SSSR count). The third-order valence-corrected chi connectivity index (χ3v) is 3.80. The van der Waals surface area contributed by atoms with Crippen LogP contribution in [0.5, 0.6) is 0 Å². The zero-order valence-electron chi connectivity index (χ0n) is 12.0. The van der Waals surface area contributed by atoms with E-state index in [9.17, 15) is 0 Å². The van der Waals surface area contributed by atoms with Crippen LogP contribution in [0.15, 0.2) is 24.3 Å². The van der Waals surface area contributed by atoms with Crippen LogP contribution in [0.1, 0.15) is 30.3 Å². The average molecular weight is 272 g/mol. The molecular weight excluding hydrogens is 252 g/mol. The van der Waals surface area contributed by atoms with Gasteiger partial charge in [-0.15, -0.1) is 10.2 Å². The summed E-state index contributed by atoms with van der Waals surface area (Å²) in [7, 11) is 3.82. The standard InChI is InChI=1S/C14H20N6/c1-15-12-7-5-9-20(10-14-16-18-19(2)17-14)13-8-4-3-6-11(12)13/h3-4,6,8,12,15H,5,7,9-10H2,1-2H3. The Balaban J connectivity index is 1.91. The molecule has 1 N–H and O–H groups in total. The minimum Gasteiger partial charge on any atom is -0.364 e. The number of tetrazole rings is 1. The van der Waals surface area contributed by atoms with Crippen LogP contribution < -0.4 is 10.2 Å². The van der Waals surface area contributed by atoms with Crippen LogP contribution in [0.4, 0.5) is 5.69 Å². The number of para-hydroxylation sites is 1. The molecule has 0 radical (unpaired) electrons. The maximum Gasteiger partial charge on any atom is 0.193 e. The van der Waals surface area contributed by atoms with Crippen molar-refractivity contribution in [3.63, 3.8) is 0 Å². The second kappa shape index (κ2) is 5.58. The monoisotopic (exact) mass is 272 g/mol. The molecule has 1 aromatic carbocycles. The van der Waals surface area contributed by atoms with Crippen molar-refractivity contribution in [3.05, 3.63) is 35.7 Å². The molecule has 0 fully saturated rings. The van der Waals surface area contributed by atoms with E-state index in [0.29, 0.717) is 12.6 Å². The first-order chi connectivity index (χ1) is 9.78. The van der Waals surface area contributed by atoms with Crippen molar-refractivity contribution in [1.82, 2.24) is 25.5 Å². The van der Waals surface area contributed by atoms with Gasteiger partial charge in [0.05, 0.1) is 13.6 Å². The molecule has 1 unspecified atom stereocenters. The molecule has 6 nitrogen and oxygen atoms in total. The highest BCUT2D eigenvalue weighted by Crippen LogP contribution is 2.32. The van der Waals surface area contributed by atoms with E-state index < -0.39 is 0 Å². The van der Waals surface area contributed by atoms with Crippen LogP contribution in [0, 0.1) is 0 Å². The van der Waals surface area contributed by atoms with Crippen molar-refractivity contribution in [2.24, 2.45) is 7.05 Å². The van der Waals surface area contributed by atoms with Gasteiger partial charge in [-0.1, -0.05) is 18.2 Å². The maximum absolute atomic E-state index is 4.28. The molecule has 2 aromatic rings. The zero-order chi connectivity index (χ0) is 13.9. The summed E-state index contributed by atoms with van der Waals surface area (Å²) in [4.78, 5) is 3.86. The van der Waals surface area contributed by atoms with Gasteiger partial charge in [0.15, 0.2) is 5.82 Å². The first kappa shape index (κ1) is 13.1. The number of fused-ring (bicyclic) bond motifs is 1. The van der Waals surface area contributed by atoms with Crippen LogP contribution in [-0.4, -0.2) is 33.8 Å². The highest BCUT2D eigenvalue weighted by molar-refractivity contribution is 5.55. The number of hydrogen-bond donors (Lipinski definition) is 1. The molecule has 0 spiro atoms. The molecule has 0 bridgehead atoms. The topological polar surface area (TPSA) is 58.9 Å². The van der Waals surface area contributed by atoms with Crippen molar-refractivity contribution in [1.29, 1.82) is 0 Å². The lowest BCUT2D eigenvalue weighted by molar-refractivity contribution is 0.541. The molecule has 0 amide bonds. The van der Waals surface area contributed by atoms with Crippen LogP contribution >= 0.6 is 0 Å². The molecule has 1 atom stereocenters. The van der Waals surface area contributed by atoms with Gasteiger partial charge in [-0.05, 0) is 36.7 Å². The lowest BCUT2D eigenvalue weighted by Gasteiger charge is -2.24. The molecule has 0 aliphatic carbocycles. The van der Waals surface area contributed by atoms with Gasteiger partial charge in [0.1, 0.15) is 0 Å². The van der Waals surface area contributed by atoms with Crippen molar-refractivity contribution in [3.8, 4) is 0 Å². The Bertz CT molecular complexity index is 579. The van der Waals surface area contributed by atoms with Crippen LogP contribution in [0.2, 0.25) is 0 Å². The van der Waals surface area contributed by atoms with E-state index >= 15 is 0 Å². The summed E-state index contributed by atoms with van der Waals surface area (Å²) in [6.07, 6.45) is 2.30. The number of aromatic nitrogens is 4. The summed E-state index contributed by atoms with van der Waals surface area (Å²) in [6.45, 7) is 1.73. The summed E-state index contributed by atoms with van der Waals surface area (Å²) in [5.74, 6) is 0.769. The maximum atomic E-state index is 4.28. The van der Waals surface area contributed by atoms with Gasteiger partial charge in [-0.25, -0.2) is 0 Å². The van der Waals surface area contributed by atoms with E-state index in [0.717, 1.165) is 25.2 Å². The number of nitrogens with one attached hydrogen (secondary N) is 1. The Morgan fingerprint density at radius 2 is 2.20 bits per heavy atom. The smallest absolute Gasteiger partial charge is 0.193 e. The molecule has 0 saturated heterocycles. The lowest BCUT2D eigenvalue weighted by Crippen LogP contribution is -2.24. The van der Waals surface area contributed by atoms with E-state index in [-0.39, 0.29) is 0 Å². The number of hydrogen-bond acceptors (Lipinski definition) is 5. The minimum absolute atomic E-state index is 0.422. The quantitative estimate of drug-likeness (QED) is 0.912. The Morgan fingerprint density at radius 1 is 1.35 bits per heavy atom. The number of nitrogens with zero attached hydrogens (tertiary/aromatic N) is 5. The van der Waals surface area contributed by atoms with Gasteiger partial charge in [-0.2, -0.15) is 4.80 Å². The summed E-state index contributed by atoms with van der Waals surface area (Å²) in [5, 5.41) is 15.7. The van der Waals surface area contributed by atoms with Crippen molar-refractivity contribution in [2.75, 3.05) is 18.5 Å². The van der Waals surface area contributed by atoms with Crippen molar-refractivity contribution in [2.45, 2.75) is 25.4 Å².